The summed E-state index contributed by atoms with van der Waals surface area (Å²) in [6.45, 7) is 3.45. The van der Waals surface area contributed by atoms with Crippen LogP contribution >= 0.6 is 0 Å². The fourth-order valence-electron chi connectivity index (χ4n) is 0.944. The van der Waals surface area contributed by atoms with Crippen LogP contribution in [0.1, 0.15) is 5.56 Å². The summed E-state index contributed by atoms with van der Waals surface area (Å²) in [6.07, 6.45) is 1.47. The first-order chi connectivity index (χ1) is 8.18. The summed E-state index contributed by atoms with van der Waals surface area (Å²) < 4.78 is 58.5. The molecule has 98 valence electrons. The number of ether oxygens (including phenoxy) is 1. The number of carbonyl (C=O) groups excluding carboxylic acids is 1. The summed E-state index contributed by atoms with van der Waals surface area (Å²) in [5.41, 5.74) is 0.649. The molecule has 0 radical (unpaired) electrons. The molecule has 0 aliphatic rings. The molecule has 8 heteroatoms. The van der Waals surface area contributed by atoms with Gasteiger partial charge in [-0.1, -0.05) is 24.8 Å². The molecule has 0 fully saturated rings. The number of hydrogen-bond acceptors (Lipinski definition) is 4. The highest BCUT2D eigenvalue weighted by Crippen LogP contribution is 2.24. The third kappa shape index (κ3) is 2.90. The molecule has 0 spiro atoms. The summed E-state index contributed by atoms with van der Waals surface area (Å²) in [5, 5.41) is -5.01. The predicted octanol–water partition coefficient (Wildman–Crippen LogP) is 1.72. The zero-order valence-electron chi connectivity index (χ0n) is 8.84. The lowest BCUT2D eigenvalue weighted by molar-refractivity contribution is -0.151. The minimum Gasteiger partial charge on any atom is -0.421 e. The van der Waals surface area contributed by atoms with Crippen molar-refractivity contribution in [2.24, 2.45) is 0 Å². The number of alkyl halides is 2. The summed E-state index contributed by atoms with van der Waals surface area (Å²) in [4.78, 5) is 10.9. The SMILES string of the molecule is C=Cc1ccc(OC(=O)C(F)(F)S(=O)(=O)O)cc1. The molecule has 1 aromatic rings. The minimum atomic E-state index is -5.86. The van der Waals surface area contributed by atoms with Crippen LogP contribution in [0.15, 0.2) is 30.8 Å². The van der Waals surface area contributed by atoms with Gasteiger partial charge in [-0.2, -0.15) is 17.2 Å². The van der Waals surface area contributed by atoms with Gasteiger partial charge in [0.25, 0.3) is 0 Å². The van der Waals surface area contributed by atoms with Crippen molar-refractivity contribution in [2.45, 2.75) is 5.25 Å². The molecular weight excluding hydrogens is 270 g/mol. The van der Waals surface area contributed by atoms with Gasteiger partial charge in [-0.05, 0) is 17.7 Å². The van der Waals surface area contributed by atoms with Crippen molar-refractivity contribution in [3.05, 3.63) is 36.4 Å². The van der Waals surface area contributed by atoms with Crippen LogP contribution in [0.2, 0.25) is 0 Å². The average molecular weight is 278 g/mol. The summed E-state index contributed by atoms with van der Waals surface area (Å²) in [5.74, 6) is -2.66. The summed E-state index contributed by atoms with van der Waals surface area (Å²) >= 11 is 0. The standard InChI is InChI=1S/C10H8F2O5S/c1-2-7-3-5-8(6-4-7)17-9(13)10(11,12)18(14,15)16/h2-6H,1H2,(H,14,15,16). The highest BCUT2D eigenvalue weighted by atomic mass is 32.2. The van der Waals surface area contributed by atoms with Gasteiger partial charge in [-0.15, -0.1) is 0 Å². The molecule has 5 nitrogen and oxygen atoms in total. The highest BCUT2D eigenvalue weighted by molar-refractivity contribution is 7.87. The third-order valence-electron chi connectivity index (χ3n) is 1.89. The van der Waals surface area contributed by atoms with E-state index in [0.717, 1.165) is 0 Å². The molecule has 0 heterocycles. The van der Waals surface area contributed by atoms with E-state index in [1.54, 1.807) is 0 Å². The molecule has 0 aliphatic carbocycles. The Morgan fingerprint density at radius 2 is 1.83 bits per heavy atom. The zero-order chi connectivity index (χ0) is 14.0. The van der Waals surface area contributed by atoms with Crippen molar-refractivity contribution in [3.63, 3.8) is 0 Å². The Morgan fingerprint density at radius 3 is 2.22 bits per heavy atom. The zero-order valence-corrected chi connectivity index (χ0v) is 9.65. The Hall–Kier alpha value is -1.80. The number of rotatable bonds is 4. The quantitative estimate of drug-likeness (QED) is 0.515. The normalized spacial score (nSPS) is 11.9. The van der Waals surface area contributed by atoms with E-state index >= 15 is 0 Å². The second kappa shape index (κ2) is 4.83. The molecule has 1 rings (SSSR count). The van der Waals surface area contributed by atoms with Gasteiger partial charge in [0.1, 0.15) is 5.75 Å². The molecule has 18 heavy (non-hydrogen) atoms. The number of hydrogen-bond donors (Lipinski definition) is 1. The fraction of sp³-hybridized carbons (Fsp3) is 0.100. The van der Waals surface area contributed by atoms with Crippen LogP contribution < -0.4 is 4.74 Å². The molecular formula is C10H8F2O5S. The second-order valence-corrected chi connectivity index (χ2v) is 4.62. The average Bonchev–Trinajstić information content (AvgIpc) is 2.28. The molecule has 0 amide bonds. The molecule has 0 aliphatic heterocycles. The lowest BCUT2D eigenvalue weighted by Crippen LogP contribution is -2.40. The second-order valence-electron chi connectivity index (χ2n) is 3.15. The monoisotopic (exact) mass is 278 g/mol. The van der Waals surface area contributed by atoms with Gasteiger partial charge in [0.15, 0.2) is 0 Å². The molecule has 0 unspecified atom stereocenters. The topological polar surface area (TPSA) is 80.7 Å². The first kappa shape index (κ1) is 14.3. The van der Waals surface area contributed by atoms with Gasteiger partial charge in [-0.25, -0.2) is 4.79 Å². The van der Waals surface area contributed by atoms with Crippen LogP contribution in [-0.2, 0) is 14.9 Å². The number of halogens is 2. The van der Waals surface area contributed by atoms with Gasteiger partial charge >= 0.3 is 21.3 Å². The predicted molar refractivity (Wildman–Crippen MR) is 58.7 cm³/mol. The van der Waals surface area contributed by atoms with E-state index in [-0.39, 0.29) is 5.75 Å². The molecule has 0 atom stereocenters. The first-order valence-electron chi connectivity index (χ1n) is 4.48. The smallest absolute Gasteiger partial charge is 0.421 e. The molecule has 0 saturated carbocycles. The van der Waals surface area contributed by atoms with Gasteiger partial charge in [0, 0.05) is 0 Å². The fourth-order valence-corrected chi connectivity index (χ4v) is 1.20. The van der Waals surface area contributed by atoms with Crippen LogP contribution in [-0.4, -0.2) is 24.2 Å². The molecule has 0 bridgehead atoms. The molecule has 0 saturated heterocycles. The van der Waals surface area contributed by atoms with Crippen molar-refractivity contribution in [3.8, 4) is 5.75 Å². The van der Waals surface area contributed by atoms with Crippen molar-refractivity contribution in [1.82, 2.24) is 0 Å². The Bertz CT molecular complexity index is 562. The highest BCUT2D eigenvalue weighted by Gasteiger charge is 2.54. The van der Waals surface area contributed by atoms with Crippen LogP contribution in [0.5, 0.6) is 5.75 Å². The van der Waals surface area contributed by atoms with E-state index < -0.39 is 21.3 Å². The maximum atomic E-state index is 12.8. The van der Waals surface area contributed by atoms with Crippen molar-refractivity contribution in [1.29, 1.82) is 0 Å². The maximum Gasteiger partial charge on any atom is 0.466 e. The number of esters is 1. The summed E-state index contributed by atoms with van der Waals surface area (Å²) in [7, 11) is -5.86. The Kier molecular flexibility index (Phi) is 3.82. The van der Waals surface area contributed by atoms with E-state index in [4.69, 9.17) is 4.55 Å². The molecule has 0 aromatic heterocycles. The minimum absolute atomic E-state index is 0.283. The summed E-state index contributed by atoms with van der Waals surface area (Å²) in [6, 6.07) is 5.19. The van der Waals surface area contributed by atoms with E-state index in [2.05, 4.69) is 11.3 Å². The molecule has 1 aromatic carbocycles. The van der Waals surface area contributed by atoms with Crippen molar-refractivity contribution < 1.29 is 31.3 Å². The van der Waals surface area contributed by atoms with Crippen molar-refractivity contribution >= 4 is 22.2 Å². The van der Waals surface area contributed by atoms with Gasteiger partial charge < -0.3 is 4.74 Å². The van der Waals surface area contributed by atoms with Crippen LogP contribution in [0.4, 0.5) is 8.78 Å². The third-order valence-corrected chi connectivity index (χ3v) is 2.70. The van der Waals surface area contributed by atoms with Gasteiger partial charge in [0.2, 0.25) is 0 Å². The largest absolute Gasteiger partial charge is 0.466 e. The van der Waals surface area contributed by atoms with E-state index in [0.29, 0.717) is 5.56 Å². The Labute approximate surface area is 101 Å². The lowest BCUT2D eigenvalue weighted by Gasteiger charge is -2.11. The van der Waals surface area contributed by atoms with Crippen LogP contribution in [0.25, 0.3) is 6.08 Å². The number of carbonyl (C=O) groups is 1. The van der Waals surface area contributed by atoms with E-state index in [1.807, 2.05) is 0 Å². The Morgan fingerprint density at radius 1 is 1.33 bits per heavy atom. The maximum absolute atomic E-state index is 12.8. The van der Waals surface area contributed by atoms with Crippen molar-refractivity contribution in [2.75, 3.05) is 0 Å². The first-order valence-corrected chi connectivity index (χ1v) is 5.92. The van der Waals surface area contributed by atoms with E-state index in [9.17, 15) is 22.0 Å². The molecule has 1 N–H and O–H groups in total. The number of benzene rings is 1. The lowest BCUT2D eigenvalue weighted by atomic mass is 10.2. The van der Waals surface area contributed by atoms with Crippen LogP contribution in [0.3, 0.4) is 0 Å². The van der Waals surface area contributed by atoms with Crippen LogP contribution in [0, 0.1) is 0 Å². The van der Waals surface area contributed by atoms with Gasteiger partial charge in [0.05, 0.1) is 0 Å². The van der Waals surface area contributed by atoms with E-state index in [1.165, 1.54) is 30.3 Å². The van der Waals surface area contributed by atoms with Gasteiger partial charge in [-0.3, -0.25) is 4.55 Å². The Balaban J connectivity index is 2.91.